The molecule has 6 rings (SSSR count). The molecule has 6 N–H and O–H groups in total. The van der Waals surface area contributed by atoms with Crippen LogP contribution in [-0.4, -0.2) is 39.0 Å². The Kier molecular flexibility index (Phi) is 5.52. The Labute approximate surface area is 214 Å². The number of nitrogens with zero attached hydrogens (tertiary/aromatic N) is 6. The number of H-pyrrole nitrogens is 2. The van der Waals surface area contributed by atoms with Gasteiger partial charge in [0.05, 0.1) is 12.7 Å². The van der Waals surface area contributed by atoms with Crippen LogP contribution in [-0.2, 0) is 26.7 Å². The lowest BCUT2D eigenvalue weighted by Crippen LogP contribution is -2.14. The molecule has 0 radical (unpaired) electrons. The van der Waals surface area contributed by atoms with Gasteiger partial charge in [0.1, 0.15) is 0 Å². The van der Waals surface area contributed by atoms with Gasteiger partial charge in [0, 0.05) is 28.5 Å². The molecule has 2 aliphatic carbocycles. The third-order valence-electron chi connectivity index (χ3n) is 6.88. The lowest BCUT2D eigenvalue weighted by atomic mass is 10.1. The second-order valence-corrected chi connectivity index (χ2v) is 10.6. The number of allylic oxidation sites excluding steroid dienone is 2. The standard InChI is InChI=1S/C22H23N10O5P/c23-19-27-15-13(17(33)29-19)25-11-31(15)9-21(1-2-21)5-7-36-38(35)37-8-6-22(3-4-22)10-32-12-26-14-16(32)28-20(24)30-18(14)34/h5-8,11-12H,1-4,9-10H2,(H5-,23,24,27,28,29,30,33,34)/p+1. The van der Waals surface area contributed by atoms with E-state index in [0.29, 0.717) is 24.4 Å². The second kappa shape index (κ2) is 8.80. The van der Waals surface area contributed by atoms with Crippen LogP contribution in [0.2, 0.25) is 0 Å². The molecule has 4 aromatic rings. The fourth-order valence-corrected chi connectivity index (χ4v) is 4.77. The van der Waals surface area contributed by atoms with Crippen molar-refractivity contribution in [1.82, 2.24) is 39.0 Å². The maximum atomic E-state index is 12.2. The number of aromatic amines is 2. The number of hydrogen-bond acceptors (Lipinski definition) is 11. The largest absolute Gasteiger partial charge is 0.804 e. The van der Waals surface area contributed by atoms with Gasteiger partial charge < -0.3 is 20.6 Å². The summed E-state index contributed by atoms with van der Waals surface area (Å²) in [5, 5.41) is 0. The summed E-state index contributed by atoms with van der Waals surface area (Å²) in [6.07, 6.45) is 13.1. The Morgan fingerprint density at radius 3 is 1.66 bits per heavy atom. The number of nitrogen functional groups attached to an aromatic ring is 2. The van der Waals surface area contributed by atoms with Crippen molar-refractivity contribution >= 4 is 42.5 Å². The van der Waals surface area contributed by atoms with E-state index >= 15 is 0 Å². The fraction of sp³-hybridized carbons (Fsp3) is 0.364. The van der Waals surface area contributed by atoms with Crippen LogP contribution in [0.1, 0.15) is 25.7 Å². The summed E-state index contributed by atoms with van der Waals surface area (Å²) >= 11 is 0. The van der Waals surface area contributed by atoms with Crippen molar-refractivity contribution in [3.8, 4) is 0 Å². The number of nitrogens with two attached hydrogens (primary N) is 2. The van der Waals surface area contributed by atoms with Gasteiger partial charge in [-0.05, 0) is 37.8 Å². The Hall–Kier alpha value is -4.52. The van der Waals surface area contributed by atoms with Crippen molar-refractivity contribution in [2.24, 2.45) is 10.8 Å². The zero-order valence-electron chi connectivity index (χ0n) is 20.0. The van der Waals surface area contributed by atoms with Gasteiger partial charge in [0.25, 0.3) is 11.1 Å². The highest BCUT2D eigenvalue weighted by atomic mass is 31.1. The molecule has 16 heteroatoms. The van der Waals surface area contributed by atoms with Gasteiger partial charge in [-0.2, -0.15) is 9.97 Å². The Balaban J connectivity index is 1.04. The van der Waals surface area contributed by atoms with Gasteiger partial charge in [-0.25, -0.2) is 19.0 Å². The predicted octanol–water partition coefficient (Wildman–Crippen LogP) is 1.70. The molecule has 0 unspecified atom stereocenters. The quantitative estimate of drug-likeness (QED) is 0.168. The van der Waals surface area contributed by atoms with Crippen LogP contribution in [0.25, 0.3) is 22.3 Å². The Morgan fingerprint density at radius 1 is 0.842 bits per heavy atom. The number of hydrogen-bond donors (Lipinski definition) is 4. The van der Waals surface area contributed by atoms with Gasteiger partial charge in [0.2, 0.25) is 11.9 Å². The topological polar surface area (TPSA) is 215 Å². The number of anilines is 2. The van der Waals surface area contributed by atoms with E-state index in [2.05, 4.69) is 29.9 Å². The van der Waals surface area contributed by atoms with Crippen LogP contribution in [0, 0.1) is 10.8 Å². The average molecular weight is 539 g/mol. The van der Waals surface area contributed by atoms with Gasteiger partial charge >= 0.3 is 8.25 Å². The van der Waals surface area contributed by atoms with Gasteiger partial charge in [-0.1, -0.05) is 0 Å². The first-order chi connectivity index (χ1) is 18.2. The maximum absolute atomic E-state index is 12.2. The summed E-state index contributed by atoms with van der Waals surface area (Å²) in [5.74, 6) is 0.0521. The van der Waals surface area contributed by atoms with Gasteiger partial charge in [-0.3, -0.25) is 19.6 Å². The summed E-state index contributed by atoms with van der Waals surface area (Å²) < 4.78 is 26.3. The smallest absolute Gasteiger partial charge is 0.369 e. The second-order valence-electron chi connectivity index (χ2n) is 9.76. The van der Waals surface area contributed by atoms with Crippen molar-refractivity contribution in [3.63, 3.8) is 0 Å². The summed E-state index contributed by atoms with van der Waals surface area (Å²) in [7, 11) is -2.42. The van der Waals surface area contributed by atoms with Crippen molar-refractivity contribution in [3.05, 3.63) is 58.0 Å². The summed E-state index contributed by atoms with van der Waals surface area (Å²) in [5.41, 5.74) is 11.4. The zero-order valence-corrected chi connectivity index (χ0v) is 20.9. The molecule has 2 saturated carbocycles. The molecule has 2 fully saturated rings. The van der Waals surface area contributed by atoms with E-state index < -0.39 is 8.25 Å². The van der Waals surface area contributed by atoms with E-state index in [0.717, 1.165) is 25.7 Å². The van der Waals surface area contributed by atoms with Crippen LogP contribution in [0.4, 0.5) is 11.9 Å². The van der Waals surface area contributed by atoms with Crippen LogP contribution < -0.4 is 22.6 Å². The molecule has 0 atom stereocenters. The number of imidazole rings is 2. The van der Waals surface area contributed by atoms with E-state index in [-0.39, 0.29) is 44.9 Å². The number of aromatic nitrogens is 8. The third kappa shape index (κ3) is 4.63. The average Bonchev–Trinajstić information content (AvgIpc) is 3.72. The van der Waals surface area contributed by atoms with Crippen LogP contribution in [0.15, 0.2) is 46.9 Å². The van der Waals surface area contributed by atoms with Crippen molar-refractivity contribution in [2.75, 3.05) is 11.5 Å². The lowest BCUT2D eigenvalue weighted by molar-refractivity contribution is 0.349. The molecule has 15 nitrogen and oxygen atoms in total. The van der Waals surface area contributed by atoms with E-state index in [1.165, 1.54) is 12.5 Å². The van der Waals surface area contributed by atoms with Crippen LogP contribution in [0.5, 0.6) is 0 Å². The molecule has 196 valence electrons. The van der Waals surface area contributed by atoms with Crippen molar-refractivity contribution < 1.29 is 13.6 Å². The third-order valence-corrected chi connectivity index (χ3v) is 7.47. The summed E-state index contributed by atoms with van der Waals surface area (Å²) in [4.78, 5) is 45.5. The van der Waals surface area contributed by atoms with Crippen molar-refractivity contribution in [2.45, 2.75) is 38.8 Å². The molecule has 2 aliphatic rings. The van der Waals surface area contributed by atoms with E-state index in [4.69, 9.17) is 20.5 Å². The minimum atomic E-state index is -2.42. The molecule has 4 heterocycles. The first-order valence-electron chi connectivity index (χ1n) is 11.8. The normalized spacial score (nSPS) is 17.9. The van der Waals surface area contributed by atoms with E-state index in [1.54, 1.807) is 21.8 Å². The maximum Gasteiger partial charge on any atom is 0.804 e. The Bertz CT molecular complexity index is 1610. The van der Waals surface area contributed by atoms with Crippen LogP contribution in [0.3, 0.4) is 0 Å². The van der Waals surface area contributed by atoms with Crippen molar-refractivity contribution in [1.29, 1.82) is 0 Å². The minimum Gasteiger partial charge on any atom is -0.369 e. The number of rotatable bonds is 10. The highest BCUT2D eigenvalue weighted by molar-refractivity contribution is 7.33. The molecule has 0 saturated heterocycles. The number of fused-ring (bicyclic) bond motifs is 2. The molecule has 38 heavy (non-hydrogen) atoms. The minimum absolute atomic E-state index is 0.0261. The van der Waals surface area contributed by atoms with E-state index in [1.807, 2.05) is 12.2 Å². The predicted molar refractivity (Wildman–Crippen MR) is 137 cm³/mol. The number of nitrogens with one attached hydrogen (secondary N) is 2. The zero-order chi connectivity index (χ0) is 26.5. The lowest BCUT2D eigenvalue weighted by Gasteiger charge is -2.10. The highest BCUT2D eigenvalue weighted by Crippen LogP contribution is 2.50. The molecule has 4 aromatic heterocycles. The Morgan fingerprint density at radius 2 is 1.26 bits per heavy atom. The molecular formula is C22H24N10O5P+. The SMILES string of the molecule is Nc1nc2c(ncn2CC2(C=CO[P+](=O)OC=CC3(Cn4cnc5c(=O)[nH]c(N)nc54)CC3)CC2)c(=O)[nH]1. The highest BCUT2D eigenvalue weighted by Gasteiger charge is 2.42. The van der Waals surface area contributed by atoms with E-state index in [9.17, 15) is 14.2 Å². The summed E-state index contributed by atoms with van der Waals surface area (Å²) in [6, 6.07) is 0. The molecule has 0 aliphatic heterocycles. The molecule has 0 amide bonds. The first-order valence-corrected chi connectivity index (χ1v) is 12.9. The fourth-order valence-electron chi connectivity index (χ4n) is 4.40. The molecule has 0 bridgehead atoms. The van der Waals surface area contributed by atoms with Gasteiger partial charge in [0.15, 0.2) is 34.9 Å². The first kappa shape index (κ1) is 23.9. The molecular weight excluding hydrogens is 515 g/mol. The monoisotopic (exact) mass is 539 g/mol. The molecule has 0 spiro atoms. The van der Waals surface area contributed by atoms with Gasteiger partial charge in [-0.15, -0.1) is 0 Å². The summed E-state index contributed by atoms with van der Waals surface area (Å²) in [6.45, 7) is 1.04. The molecule has 0 aromatic carbocycles. The van der Waals surface area contributed by atoms with Crippen LogP contribution >= 0.6 is 8.25 Å².